The Kier molecular flexibility index (Phi) is 11.0. The van der Waals surface area contributed by atoms with Gasteiger partial charge in [0.05, 0.1) is 13.2 Å². The Labute approximate surface area is 237 Å². The number of fused-ring (bicyclic) bond motifs is 1. The number of carbonyl (C=O) groups excluding carboxylic acids is 3. The smallest absolute Gasteiger partial charge is 0.746 e. The number of aliphatic hydroxyl groups is 1. The van der Waals surface area contributed by atoms with Crippen LogP contribution in [0.4, 0.5) is 0 Å². The van der Waals surface area contributed by atoms with Gasteiger partial charge in [-0.1, -0.05) is 19.9 Å². The van der Waals surface area contributed by atoms with Gasteiger partial charge in [-0.25, -0.2) is 8.42 Å². The van der Waals surface area contributed by atoms with Crippen molar-refractivity contribution in [3.8, 4) is 5.75 Å². The summed E-state index contributed by atoms with van der Waals surface area (Å²) in [6, 6.07) is 4.22. The van der Waals surface area contributed by atoms with Gasteiger partial charge in [0.1, 0.15) is 27.6 Å². The van der Waals surface area contributed by atoms with Crippen LogP contribution in [0.5, 0.6) is 5.75 Å². The molecule has 1 aromatic carbocycles. The summed E-state index contributed by atoms with van der Waals surface area (Å²) >= 11 is 0. The quantitative estimate of drug-likeness (QED) is 0.147. The van der Waals surface area contributed by atoms with Crippen LogP contribution in [0.1, 0.15) is 43.6 Å². The van der Waals surface area contributed by atoms with Gasteiger partial charge in [0.15, 0.2) is 5.44 Å². The fourth-order valence-electron chi connectivity index (χ4n) is 4.27. The average Bonchev–Trinajstić information content (AvgIpc) is 3.42. The monoisotopic (exact) mass is 546 g/mol. The molecule has 4 unspecified atom stereocenters. The number of benzene rings is 1. The minimum atomic E-state index is -5.19. The van der Waals surface area contributed by atoms with Crippen molar-refractivity contribution in [2.75, 3.05) is 13.7 Å². The summed E-state index contributed by atoms with van der Waals surface area (Å²) in [6.07, 6.45) is 0.315. The first-order valence-electron chi connectivity index (χ1n) is 11.6. The molecule has 14 heteroatoms. The van der Waals surface area contributed by atoms with Crippen molar-refractivity contribution in [3.05, 3.63) is 30.0 Å². The van der Waals surface area contributed by atoms with Crippen molar-refractivity contribution >= 4 is 38.7 Å². The Morgan fingerprint density at radius 3 is 2.54 bits per heavy atom. The second kappa shape index (κ2) is 13.1. The van der Waals surface area contributed by atoms with Crippen LogP contribution in [0.3, 0.4) is 0 Å². The maximum atomic E-state index is 13.2. The zero-order chi connectivity index (χ0) is 26.6. The number of aromatic nitrogens is 1. The van der Waals surface area contributed by atoms with Crippen LogP contribution in [0, 0.1) is 11.8 Å². The summed E-state index contributed by atoms with van der Waals surface area (Å²) in [6.45, 7) is 4.03. The van der Waals surface area contributed by atoms with E-state index in [-0.39, 0.29) is 59.9 Å². The van der Waals surface area contributed by atoms with Crippen LogP contribution in [0.25, 0.3) is 10.9 Å². The predicted molar refractivity (Wildman–Crippen MR) is 129 cm³/mol. The molecule has 198 valence electrons. The van der Waals surface area contributed by atoms with Crippen LogP contribution < -0.4 is 50.2 Å². The molecule has 1 aliphatic heterocycles. The first-order valence-corrected chi connectivity index (χ1v) is 13.0. The van der Waals surface area contributed by atoms with E-state index >= 15 is 0 Å². The SMILES string of the molecule is COc1cccc2[nH]c(C(=O)NC(CC(C)C)C(=O)NC(CC3CCNC3=O)C(O)S(=O)(=O)[O-])cc12.[Na+]. The summed E-state index contributed by atoms with van der Waals surface area (Å²) in [4.78, 5) is 41.1. The van der Waals surface area contributed by atoms with Gasteiger partial charge in [0.25, 0.3) is 5.91 Å². The minimum Gasteiger partial charge on any atom is -0.746 e. The van der Waals surface area contributed by atoms with E-state index in [1.54, 1.807) is 24.3 Å². The molecule has 1 fully saturated rings. The third-order valence-electron chi connectivity index (χ3n) is 6.09. The molecular formula is C23H31N4NaO8S. The molecule has 4 atom stereocenters. The third-order valence-corrected chi connectivity index (χ3v) is 7.01. The van der Waals surface area contributed by atoms with Gasteiger partial charge < -0.3 is 35.3 Å². The van der Waals surface area contributed by atoms with Crippen molar-refractivity contribution in [1.82, 2.24) is 20.9 Å². The summed E-state index contributed by atoms with van der Waals surface area (Å²) in [5.74, 6) is -1.88. The number of methoxy groups -OCH3 is 1. The zero-order valence-corrected chi connectivity index (χ0v) is 24.1. The topological polar surface area (TPSA) is 190 Å². The predicted octanol–water partition coefficient (Wildman–Crippen LogP) is -2.80. The van der Waals surface area contributed by atoms with Crippen LogP contribution in [0.2, 0.25) is 0 Å². The molecule has 1 aliphatic rings. The molecule has 0 saturated carbocycles. The molecule has 1 aromatic heterocycles. The number of rotatable bonds is 11. The summed E-state index contributed by atoms with van der Waals surface area (Å²) < 4.78 is 39.9. The molecule has 0 radical (unpaired) electrons. The first kappa shape index (κ1) is 31.1. The van der Waals surface area contributed by atoms with Gasteiger partial charge in [-0.05, 0) is 43.4 Å². The summed E-state index contributed by atoms with van der Waals surface area (Å²) in [7, 11) is -3.68. The van der Waals surface area contributed by atoms with Crippen molar-refractivity contribution in [1.29, 1.82) is 0 Å². The molecule has 1 saturated heterocycles. The van der Waals surface area contributed by atoms with Crippen molar-refractivity contribution in [2.24, 2.45) is 11.8 Å². The van der Waals surface area contributed by atoms with E-state index in [1.165, 1.54) is 7.11 Å². The molecule has 37 heavy (non-hydrogen) atoms. The van der Waals surface area contributed by atoms with Crippen LogP contribution in [-0.2, 0) is 19.7 Å². The number of H-pyrrole nitrogens is 1. The second-order valence-corrected chi connectivity index (χ2v) is 10.7. The van der Waals surface area contributed by atoms with Gasteiger partial charge in [-0.15, -0.1) is 0 Å². The van der Waals surface area contributed by atoms with Crippen molar-refractivity contribution in [2.45, 2.75) is 50.6 Å². The summed E-state index contributed by atoms with van der Waals surface area (Å²) in [5, 5.41) is 18.4. The standard InChI is InChI=1S/C23H32N4O8S.Na/c1-12(2)9-16(26-22(30)17-11-14-15(25-17)5-4-6-19(14)35-3)21(29)27-18(23(31)36(32,33)34)10-13-7-8-24-20(13)28;/h4-6,11-13,16,18,23,25,31H,7-10H2,1-3H3,(H,24,28)(H,26,30)(H,27,29)(H,32,33,34);/q;+1/p-1. The molecule has 12 nitrogen and oxygen atoms in total. The molecule has 3 rings (SSSR count). The molecule has 5 N–H and O–H groups in total. The molecule has 2 heterocycles. The van der Waals surface area contributed by atoms with Crippen LogP contribution in [-0.4, -0.2) is 72.0 Å². The van der Waals surface area contributed by atoms with Gasteiger partial charge in [-0.2, -0.15) is 0 Å². The van der Waals surface area contributed by atoms with Crippen molar-refractivity contribution < 1.29 is 66.8 Å². The molecular weight excluding hydrogens is 515 g/mol. The Bertz CT molecular complexity index is 1230. The van der Waals surface area contributed by atoms with Gasteiger partial charge in [0.2, 0.25) is 11.8 Å². The van der Waals surface area contributed by atoms with Crippen LogP contribution in [0.15, 0.2) is 24.3 Å². The van der Waals surface area contributed by atoms with E-state index in [1.807, 2.05) is 13.8 Å². The van der Waals surface area contributed by atoms with E-state index in [0.717, 1.165) is 0 Å². The molecule has 0 bridgehead atoms. The zero-order valence-electron chi connectivity index (χ0n) is 21.2. The second-order valence-electron chi connectivity index (χ2n) is 9.27. The molecule has 0 aliphatic carbocycles. The maximum absolute atomic E-state index is 13.2. The van der Waals surface area contributed by atoms with E-state index in [0.29, 0.717) is 29.6 Å². The fourth-order valence-corrected chi connectivity index (χ4v) is 4.86. The van der Waals surface area contributed by atoms with Crippen molar-refractivity contribution in [3.63, 3.8) is 0 Å². The van der Waals surface area contributed by atoms with E-state index in [4.69, 9.17) is 4.74 Å². The van der Waals surface area contributed by atoms with Gasteiger partial charge >= 0.3 is 29.6 Å². The number of amides is 3. The van der Waals surface area contributed by atoms with E-state index in [2.05, 4.69) is 20.9 Å². The first-order chi connectivity index (χ1) is 16.9. The Hall–Kier alpha value is -2.16. The van der Waals surface area contributed by atoms with Gasteiger partial charge in [0, 0.05) is 23.4 Å². The number of nitrogens with one attached hydrogen (secondary N) is 4. The largest absolute Gasteiger partial charge is 1.00 e. The Balaban J connectivity index is 0.00000481. The number of ether oxygens (including phenoxy) is 1. The fraction of sp³-hybridized carbons (Fsp3) is 0.522. The number of aliphatic hydroxyl groups excluding tert-OH is 1. The molecule has 2 aromatic rings. The van der Waals surface area contributed by atoms with E-state index in [9.17, 15) is 32.5 Å². The summed E-state index contributed by atoms with van der Waals surface area (Å²) in [5.41, 5.74) is -1.62. The Morgan fingerprint density at radius 2 is 1.97 bits per heavy atom. The number of carbonyl (C=O) groups is 3. The Morgan fingerprint density at radius 1 is 1.27 bits per heavy atom. The van der Waals surface area contributed by atoms with Gasteiger partial charge in [-0.3, -0.25) is 14.4 Å². The van der Waals surface area contributed by atoms with E-state index < -0.39 is 45.4 Å². The maximum Gasteiger partial charge on any atom is 1.00 e. The average molecular weight is 547 g/mol. The van der Waals surface area contributed by atoms with Crippen LogP contribution >= 0.6 is 0 Å². The molecule has 3 amide bonds. The normalized spacial score (nSPS) is 18.0. The minimum absolute atomic E-state index is 0. The molecule has 0 spiro atoms. The number of hydrogen-bond acceptors (Lipinski definition) is 8. The number of aromatic amines is 1. The number of hydrogen-bond donors (Lipinski definition) is 5. The third kappa shape index (κ3) is 7.91.